The van der Waals surface area contributed by atoms with Crippen LogP contribution in [0.5, 0.6) is 0 Å². The van der Waals surface area contributed by atoms with Gasteiger partial charge < -0.3 is 0 Å². The zero-order valence-corrected chi connectivity index (χ0v) is 10.9. The monoisotopic (exact) mass is 198 g/mol. The quantitative estimate of drug-likeness (QED) is 0.518. The van der Waals surface area contributed by atoms with E-state index < -0.39 is 0 Å². The first-order valence-corrected chi connectivity index (χ1v) is 6.62. The summed E-state index contributed by atoms with van der Waals surface area (Å²) in [7, 11) is 0. The second kappa shape index (κ2) is 8.32. The third-order valence-corrected chi connectivity index (χ3v) is 3.16. The average Bonchev–Trinajstić information content (AvgIpc) is 2.52. The maximum atomic E-state index is 2.36. The van der Waals surface area contributed by atoms with Gasteiger partial charge in [-0.2, -0.15) is 0 Å². The highest BCUT2D eigenvalue weighted by Gasteiger charge is 2.21. The van der Waals surface area contributed by atoms with Gasteiger partial charge in [0.05, 0.1) is 0 Å². The van der Waals surface area contributed by atoms with Crippen LogP contribution in [-0.4, -0.2) is 0 Å². The Labute approximate surface area is 91.5 Å². The minimum atomic E-state index is 0.694. The van der Waals surface area contributed by atoms with Gasteiger partial charge in [-0.1, -0.05) is 72.6 Å². The molecule has 0 spiro atoms. The lowest BCUT2D eigenvalue weighted by molar-refractivity contribution is 0.382. The second-order valence-corrected chi connectivity index (χ2v) is 5.43. The largest absolute Gasteiger partial charge is 0.0654 e. The van der Waals surface area contributed by atoms with E-state index in [0.29, 0.717) is 5.41 Å². The Balaban J connectivity index is 0.000000241. The Hall–Kier alpha value is 0. The fourth-order valence-corrected chi connectivity index (χ4v) is 2.01. The first-order valence-electron chi connectivity index (χ1n) is 6.62. The topological polar surface area (TPSA) is 0 Å². The normalized spacial score (nSPS) is 18.9. The zero-order valence-electron chi connectivity index (χ0n) is 10.9. The number of hydrogen-bond donors (Lipinski definition) is 0. The molecule has 0 nitrogen and oxygen atoms in total. The Morgan fingerprint density at radius 1 is 0.786 bits per heavy atom. The highest BCUT2D eigenvalue weighted by molar-refractivity contribution is 4.74. The van der Waals surface area contributed by atoms with Gasteiger partial charge in [0.25, 0.3) is 0 Å². The van der Waals surface area contributed by atoms with E-state index in [-0.39, 0.29) is 0 Å². The molecule has 0 aromatic carbocycles. The molecule has 0 aromatic heterocycles. The molecule has 0 heterocycles. The molecule has 0 atom stereocenters. The number of unbranched alkanes of at least 4 members (excludes halogenated alkanes) is 4. The van der Waals surface area contributed by atoms with Crippen molar-refractivity contribution in [1.29, 1.82) is 0 Å². The van der Waals surface area contributed by atoms with Gasteiger partial charge in [-0.15, -0.1) is 0 Å². The van der Waals surface area contributed by atoms with Gasteiger partial charge in [-0.3, -0.25) is 0 Å². The van der Waals surface area contributed by atoms with Gasteiger partial charge in [0.15, 0.2) is 0 Å². The van der Waals surface area contributed by atoms with Crippen molar-refractivity contribution < 1.29 is 0 Å². The van der Waals surface area contributed by atoms with Crippen molar-refractivity contribution >= 4 is 0 Å². The fourth-order valence-electron chi connectivity index (χ4n) is 2.01. The first kappa shape index (κ1) is 14.0. The minimum Gasteiger partial charge on any atom is -0.0654 e. The highest BCUT2D eigenvalue weighted by atomic mass is 14.3. The van der Waals surface area contributed by atoms with Gasteiger partial charge >= 0.3 is 0 Å². The third-order valence-electron chi connectivity index (χ3n) is 3.16. The Bertz CT molecular complexity index is 101. The summed E-state index contributed by atoms with van der Waals surface area (Å²) in [5.41, 5.74) is 0.694. The Kier molecular flexibility index (Phi) is 8.32. The van der Waals surface area contributed by atoms with E-state index in [9.17, 15) is 0 Å². The average molecular weight is 198 g/mol. The van der Waals surface area contributed by atoms with Crippen molar-refractivity contribution in [2.75, 3.05) is 0 Å². The van der Waals surface area contributed by atoms with Crippen molar-refractivity contribution in [3.63, 3.8) is 0 Å². The van der Waals surface area contributed by atoms with Crippen molar-refractivity contribution in [3.05, 3.63) is 0 Å². The van der Waals surface area contributed by atoms with Crippen LogP contribution in [0.2, 0.25) is 0 Å². The van der Waals surface area contributed by atoms with Gasteiger partial charge in [0, 0.05) is 0 Å². The molecular formula is C14H30. The highest BCUT2D eigenvalue weighted by Crippen LogP contribution is 2.36. The van der Waals surface area contributed by atoms with Crippen LogP contribution in [0.3, 0.4) is 0 Å². The van der Waals surface area contributed by atoms with Gasteiger partial charge in [0.1, 0.15) is 0 Å². The van der Waals surface area contributed by atoms with Crippen LogP contribution >= 0.6 is 0 Å². The Morgan fingerprint density at radius 3 is 1.43 bits per heavy atom. The van der Waals surface area contributed by atoms with Crippen LogP contribution < -0.4 is 0 Å². The van der Waals surface area contributed by atoms with Crippen LogP contribution in [0, 0.1) is 5.41 Å². The molecule has 0 N–H and O–H groups in total. The molecule has 0 bridgehead atoms. The molecule has 1 aliphatic carbocycles. The second-order valence-electron chi connectivity index (χ2n) is 5.43. The summed E-state index contributed by atoms with van der Waals surface area (Å²) in [5, 5.41) is 0. The summed E-state index contributed by atoms with van der Waals surface area (Å²) in [6.45, 7) is 9.21. The van der Waals surface area contributed by atoms with Crippen molar-refractivity contribution in [3.8, 4) is 0 Å². The Morgan fingerprint density at radius 2 is 1.21 bits per heavy atom. The standard InChI is InChI=1S/C7H14.C7H16/c1-7(2)5-3-4-6-7;1-3-5-7-6-4-2/h3-6H2,1-2H3;3-7H2,1-2H3. The molecule has 0 unspecified atom stereocenters. The van der Waals surface area contributed by atoms with Gasteiger partial charge in [-0.25, -0.2) is 0 Å². The van der Waals surface area contributed by atoms with Crippen LogP contribution in [-0.2, 0) is 0 Å². The molecule has 0 saturated heterocycles. The van der Waals surface area contributed by atoms with Crippen molar-refractivity contribution in [1.82, 2.24) is 0 Å². The van der Waals surface area contributed by atoms with E-state index >= 15 is 0 Å². The number of hydrogen-bond acceptors (Lipinski definition) is 0. The summed E-state index contributed by atoms with van der Waals surface area (Å²) in [5.74, 6) is 0. The summed E-state index contributed by atoms with van der Waals surface area (Å²) in [6.07, 6.45) is 12.8. The summed E-state index contributed by atoms with van der Waals surface area (Å²) in [4.78, 5) is 0. The van der Waals surface area contributed by atoms with E-state index in [0.717, 1.165) is 0 Å². The fraction of sp³-hybridized carbons (Fsp3) is 1.00. The van der Waals surface area contributed by atoms with E-state index in [1.165, 1.54) is 57.8 Å². The molecular weight excluding hydrogens is 168 g/mol. The summed E-state index contributed by atoms with van der Waals surface area (Å²) in [6, 6.07) is 0. The molecule has 0 aliphatic heterocycles. The molecule has 0 heteroatoms. The van der Waals surface area contributed by atoms with E-state index in [1.54, 1.807) is 0 Å². The molecule has 0 aromatic rings. The predicted octanol–water partition coefficient (Wildman–Crippen LogP) is 5.56. The molecule has 0 amide bonds. The van der Waals surface area contributed by atoms with E-state index in [1.807, 2.05) is 0 Å². The smallest absolute Gasteiger partial charge is 0.0354 e. The van der Waals surface area contributed by atoms with Crippen LogP contribution in [0.25, 0.3) is 0 Å². The lowest BCUT2D eigenvalue weighted by Gasteiger charge is -2.13. The van der Waals surface area contributed by atoms with Gasteiger partial charge in [-0.05, 0) is 18.3 Å². The first-order chi connectivity index (χ1) is 6.62. The van der Waals surface area contributed by atoms with Gasteiger partial charge in [0.2, 0.25) is 0 Å². The van der Waals surface area contributed by atoms with Crippen molar-refractivity contribution in [2.24, 2.45) is 5.41 Å². The van der Waals surface area contributed by atoms with Crippen LogP contribution in [0.1, 0.15) is 85.5 Å². The third kappa shape index (κ3) is 8.59. The molecule has 1 saturated carbocycles. The summed E-state index contributed by atoms with van der Waals surface area (Å²) >= 11 is 0. The molecule has 1 fully saturated rings. The lowest BCUT2D eigenvalue weighted by atomic mass is 9.92. The van der Waals surface area contributed by atoms with E-state index in [2.05, 4.69) is 27.7 Å². The summed E-state index contributed by atoms with van der Waals surface area (Å²) < 4.78 is 0. The predicted molar refractivity (Wildman–Crippen MR) is 66.7 cm³/mol. The van der Waals surface area contributed by atoms with Crippen LogP contribution in [0.4, 0.5) is 0 Å². The minimum absolute atomic E-state index is 0.694. The molecule has 1 aliphatic rings. The zero-order chi connectivity index (χ0) is 10.9. The maximum Gasteiger partial charge on any atom is -0.0354 e. The molecule has 86 valence electrons. The lowest BCUT2D eigenvalue weighted by Crippen LogP contribution is -2.01. The number of rotatable bonds is 4. The molecule has 1 rings (SSSR count). The van der Waals surface area contributed by atoms with Crippen molar-refractivity contribution in [2.45, 2.75) is 85.5 Å². The maximum absolute atomic E-state index is 2.36. The SMILES string of the molecule is CC1(C)CCCC1.CCCCCCC. The molecule has 0 radical (unpaired) electrons. The van der Waals surface area contributed by atoms with E-state index in [4.69, 9.17) is 0 Å². The molecule has 14 heavy (non-hydrogen) atoms. The van der Waals surface area contributed by atoms with Crippen LogP contribution in [0.15, 0.2) is 0 Å².